The number of amides is 1. The lowest BCUT2D eigenvalue weighted by molar-refractivity contribution is 0.0607. The summed E-state index contributed by atoms with van der Waals surface area (Å²) in [4.78, 5) is 24.3. The molecule has 0 aliphatic carbocycles. The van der Waals surface area contributed by atoms with Crippen molar-refractivity contribution in [3.8, 4) is 0 Å². The third-order valence-electron chi connectivity index (χ3n) is 2.90. The van der Waals surface area contributed by atoms with Crippen molar-refractivity contribution in [2.45, 2.75) is 20.3 Å². The molecule has 1 amide bonds. The minimum Gasteiger partial charge on any atom is -0.469 e. The lowest BCUT2D eigenvalue weighted by Crippen LogP contribution is -2.15. The zero-order valence-corrected chi connectivity index (χ0v) is 12.3. The van der Waals surface area contributed by atoms with Crippen molar-refractivity contribution in [1.82, 2.24) is 0 Å². The number of ether oxygens (including phenoxy) is 1. The molecular formula is C14H15NO4S. The van der Waals surface area contributed by atoms with Crippen LogP contribution >= 0.6 is 11.3 Å². The fourth-order valence-electron chi connectivity index (χ4n) is 1.84. The van der Waals surface area contributed by atoms with E-state index in [4.69, 9.17) is 9.15 Å². The average molecular weight is 293 g/mol. The predicted molar refractivity (Wildman–Crippen MR) is 76.4 cm³/mol. The first-order valence-electron chi connectivity index (χ1n) is 6.12. The molecule has 2 aromatic rings. The molecule has 0 aromatic carbocycles. The topological polar surface area (TPSA) is 68.5 Å². The van der Waals surface area contributed by atoms with Gasteiger partial charge in [-0.25, -0.2) is 4.79 Å². The second-order valence-electron chi connectivity index (χ2n) is 4.18. The number of anilines is 1. The number of furan rings is 1. The van der Waals surface area contributed by atoms with E-state index in [9.17, 15) is 9.59 Å². The van der Waals surface area contributed by atoms with Gasteiger partial charge in [-0.05, 0) is 23.9 Å². The zero-order valence-electron chi connectivity index (χ0n) is 11.5. The average Bonchev–Trinajstić information content (AvgIpc) is 3.05. The third-order valence-corrected chi connectivity index (χ3v) is 3.97. The molecule has 0 unspecified atom stereocenters. The lowest BCUT2D eigenvalue weighted by Gasteiger charge is -2.07. The van der Waals surface area contributed by atoms with E-state index < -0.39 is 5.97 Å². The molecule has 5 nitrogen and oxygen atoms in total. The summed E-state index contributed by atoms with van der Waals surface area (Å²) in [6, 6.07) is 1.62. The van der Waals surface area contributed by atoms with Crippen molar-refractivity contribution in [1.29, 1.82) is 0 Å². The van der Waals surface area contributed by atoms with Gasteiger partial charge in [-0.15, -0.1) is 11.3 Å². The molecule has 0 radical (unpaired) electrons. The van der Waals surface area contributed by atoms with Gasteiger partial charge in [0.25, 0.3) is 5.91 Å². The highest BCUT2D eigenvalue weighted by atomic mass is 32.1. The van der Waals surface area contributed by atoms with Gasteiger partial charge in [0.05, 0.1) is 24.6 Å². The van der Waals surface area contributed by atoms with Gasteiger partial charge in [0.2, 0.25) is 0 Å². The largest absolute Gasteiger partial charge is 0.469 e. The molecular weight excluding hydrogens is 278 g/mol. The summed E-state index contributed by atoms with van der Waals surface area (Å²) in [6.07, 6.45) is 2.11. The third kappa shape index (κ3) is 2.60. The molecule has 0 bridgehead atoms. The Hall–Kier alpha value is -2.08. The molecule has 0 saturated heterocycles. The molecule has 0 atom stereocenters. The van der Waals surface area contributed by atoms with E-state index in [0.717, 1.165) is 5.56 Å². The van der Waals surface area contributed by atoms with Crippen molar-refractivity contribution in [2.24, 2.45) is 0 Å². The van der Waals surface area contributed by atoms with Crippen LogP contribution in [0.1, 0.15) is 38.3 Å². The van der Waals surface area contributed by atoms with Gasteiger partial charge >= 0.3 is 5.97 Å². The van der Waals surface area contributed by atoms with Gasteiger partial charge in [-0.3, -0.25) is 4.79 Å². The highest BCUT2D eigenvalue weighted by molar-refractivity contribution is 7.12. The second-order valence-corrected chi connectivity index (χ2v) is 5.06. The molecule has 2 heterocycles. The minimum atomic E-state index is -0.457. The normalized spacial score (nSPS) is 10.3. The van der Waals surface area contributed by atoms with Gasteiger partial charge in [0, 0.05) is 6.42 Å². The number of nitrogens with one attached hydrogen (secondary N) is 1. The van der Waals surface area contributed by atoms with Crippen LogP contribution in [-0.4, -0.2) is 19.0 Å². The molecule has 0 aliphatic heterocycles. The number of rotatable bonds is 4. The van der Waals surface area contributed by atoms with Crippen LogP contribution in [0.2, 0.25) is 0 Å². The fraction of sp³-hybridized carbons (Fsp3) is 0.286. The van der Waals surface area contributed by atoms with Gasteiger partial charge in [0.15, 0.2) is 0 Å². The van der Waals surface area contributed by atoms with Gasteiger partial charge in [-0.1, -0.05) is 6.92 Å². The van der Waals surface area contributed by atoms with Crippen molar-refractivity contribution in [2.75, 3.05) is 12.4 Å². The Labute approximate surface area is 120 Å². The molecule has 0 saturated carbocycles. The first-order chi connectivity index (χ1) is 9.58. The Morgan fingerprint density at radius 3 is 2.85 bits per heavy atom. The Bertz CT molecular complexity index is 641. The van der Waals surface area contributed by atoms with E-state index in [0.29, 0.717) is 28.3 Å². The SMILES string of the molecule is CCc1occc1C(=O)Nc1c(C)csc1C(=O)OC. The van der Waals surface area contributed by atoms with Gasteiger partial charge in [-0.2, -0.15) is 0 Å². The summed E-state index contributed by atoms with van der Waals surface area (Å²) in [5.74, 6) is -0.126. The summed E-state index contributed by atoms with van der Waals surface area (Å²) in [5.41, 5.74) is 1.80. The van der Waals surface area contributed by atoms with Crippen LogP contribution in [-0.2, 0) is 11.2 Å². The number of esters is 1. The molecule has 106 valence electrons. The van der Waals surface area contributed by atoms with Crippen LogP contribution in [0.5, 0.6) is 0 Å². The lowest BCUT2D eigenvalue weighted by atomic mass is 10.2. The Balaban J connectivity index is 2.28. The van der Waals surface area contributed by atoms with E-state index in [1.54, 1.807) is 11.4 Å². The molecule has 20 heavy (non-hydrogen) atoms. The first-order valence-corrected chi connectivity index (χ1v) is 7.00. The highest BCUT2D eigenvalue weighted by Gasteiger charge is 2.21. The zero-order chi connectivity index (χ0) is 14.7. The maximum absolute atomic E-state index is 12.2. The molecule has 1 N–H and O–H groups in total. The van der Waals surface area contributed by atoms with Crippen molar-refractivity contribution in [3.63, 3.8) is 0 Å². The smallest absolute Gasteiger partial charge is 0.350 e. The number of methoxy groups -OCH3 is 1. The molecule has 0 aliphatic rings. The fourth-order valence-corrected chi connectivity index (χ4v) is 2.76. The van der Waals surface area contributed by atoms with Crippen LogP contribution in [0, 0.1) is 6.92 Å². The summed E-state index contributed by atoms with van der Waals surface area (Å²) < 4.78 is 9.94. The molecule has 6 heteroatoms. The van der Waals surface area contributed by atoms with E-state index in [-0.39, 0.29) is 5.91 Å². The monoisotopic (exact) mass is 293 g/mol. The maximum Gasteiger partial charge on any atom is 0.350 e. The van der Waals surface area contributed by atoms with Gasteiger partial charge < -0.3 is 14.5 Å². The Morgan fingerprint density at radius 1 is 1.45 bits per heavy atom. The van der Waals surface area contributed by atoms with Crippen molar-refractivity contribution >= 4 is 28.9 Å². The van der Waals surface area contributed by atoms with Crippen LogP contribution in [0.4, 0.5) is 5.69 Å². The van der Waals surface area contributed by atoms with E-state index >= 15 is 0 Å². The molecule has 0 fully saturated rings. The predicted octanol–water partition coefficient (Wildman–Crippen LogP) is 3.25. The second kappa shape index (κ2) is 5.92. The number of hydrogen-bond donors (Lipinski definition) is 1. The van der Waals surface area contributed by atoms with E-state index in [1.165, 1.54) is 24.7 Å². The number of carbonyl (C=O) groups is 2. The summed E-state index contributed by atoms with van der Waals surface area (Å²) >= 11 is 1.25. The number of carbonyl (C=O) groups excluding carboxylic acids is 2. The quantitative estimate of drug-likeness (QED) is 0.879. The van der Waals surface area contributed by atoms with Crippen LogP contribution in [0.3, 0.4) is 0 Å². The maximum atomic E-state index is 12.2. The number of thiophene rings is 1. The van der Waals surface area contributed by atoms with Crippen molar-refractivity contribution < 1.29 is 18.7 Å². The highest BCUT2D eigenvalue weighted by Crippen LogP contribution is 2.29. The Morgan fingerprint density at radius 2 is 2.20 bits per heavy atom. The summed E-state index contributed by atoms with van der Waals surface area (Å²) in [5, 5.41) is 4.57. The van der Waals surface area contributed by atoms with E-state index in [2.05, 4.69) is 5.32 Å². The summed E-state index contributed by atoms with van der Waals surface area (Å²) in [7, 11) is 1.31. The van der Waals surface area contributed by atoms with Crippen LogP contribution in [0.15, 0.2) is 22.1 Å². The minimum absolute atomic E-state index is 0.290. The summed E-state index contributed by atoms with van der Waals surface area (Å²) in [6.45, 7) is 3.74. The van der Waals surface area contributed by atoms with Crippen molar-refractivity contribution in [3.05, 3.63) is 39.5 Å². The Kier molecular flexibility index (Phi) is 4.24. The first kappa shape index (κ1) is 14.3. The van der Waals surface area contributed by atoms with Crippen LogP contribution in [0.25, 0.3) is 0 Å². The number of aryl methyl sites for hydroxylation is 2. The van der Waals surface area contributed by atoms with E-state index in [1.807, 2.05) is 13.8 Å². The molecule has 2 aromatic heterocycles. The molecule has 2 rings (SSSR count). The standard InChI is InChI=1S/C14H15NO4S/c1-4-10-9(5-6-19-10)13(16)15-11-8(2)7-20-12(11)14(17)18-3/h5-7H,4H2,1-3H3,(H,15,16). The van der Waals surface area contributed by atoms with Gasteiger partial charge in [0.1, 0.15) is 10.6 Å². The van der Waals surface area contributed by atoms with Crippen LogP contribution < -0.4 is 5.32 Å². The molecule has 0 spiro atoms. The number of hydrogen-bond acceptors (Lipinski definition) is 5.